The molecule has 2 aromatic rings. The number of Topliss-reactive ketones (excluding diaryl/α,β-unsaturated/α-hetero) is 1. The largest absolute Gasteiger partial charge is 0.481 e. The predicted octanol–water partition coefficient (Wildman–Crippen LogP) is 4.48. The molecule has 2 bridgehead atoms. The van der Waals surface area contributed by atoms with Crippen molar-refractivity contribution in [2.45, 2.75) is 74.5 Å². The minimum absolute atomic E-state index is 0.275. The average molecular weight is 444 g/mol. The van der Waals surface area contributed by atoms with E-state index in [4.69, 9.17) is 9.47 Å². The van der Waals surface area contributed by atoms with Gasteiger partial charge in [-0.25, -0.2) is 0 Å². The van der Waals surface area contributed by atoms with Crippen LogP contribution >= 0.6 is 0 Å². The molecule has 172 valence electrons. The lowest BCUT2D eigenvalue weighted by molar-refractivity contribution is -0.213. The highest BCUT2D eigenvalue weighted by atomic mass is 16.5. The van der Waals surface area contributed by atoms with Gasteiger partial charge in [0, 0.05) is 31.2 Å². The molecule has 2 aliphatic heterocycles. The maximum atomic E-state index is 13.3. The Labute approximate surface area is 196 Å². The fourth-order valence-electron chi connectivity index (χ4n) is 7.67. The minimum Gasteiger partial charge on any atom is -0.481 e. The van der Waals surface area contributed by atoms with Crippen LogP contribution in [0.15, 0.2) is 48.5 Å². The summed E-state index contributed by atoms with van der Waals surface area (Å²) in [6.45, 7) is 2.98. The molecular formula is C29H33NO3. The van der Waals surface area contributed by atoms with Gasteiger partial charge in [0.15, 0.2) is 11.9 Å². The fraction of sp³-hybridized carbons (Fsp3) is 0.552. The zero-order valence-corrected chi connectivity index (χ0v) is 19.3. The van der Waals surface area contributed by atoms with Crippen molar-refractivity contribution in [1.29, 1.82) is 0 Å². The van der Waals surface area contributed by atoms with Crippen LogP contribution in [0.2, 0.25) is 0 Å². The zero-order chi connectivity index (χ0) is 22.0. The van der Waals surface area contributed by atoms with Crippen LogP contribution in [0.3, 0.4) is 0 Å². The van der Waals surface area contributed by atoms with Gasteiger partial charge in [0.1, 0.15) is 5.75 Å². The summed E-state index contributed by atoms with van der Waals surface area (Å²) in [6.07, 6.45) is 7.78. The number of carbonyl (C=O) groups excluding carboxylic acids is 1. The van der Waals surface area contributed by atoms with Gasteiger partial charge in [0.05, 0.1) is 11.0 Å². The maximum Gasteiger partial charge on any atom is 0.174 e. The van der Waals surface area contributed by atoms with E-state index in [0.29, 0.717) is 12.5 Å². The number of likely N-dealkylation sites (tertiary alicyclic amines) is 1. The Morgan fingerprint density at radius 1 is 1.06 bits per heavy atom. The number of ketones is 1. The van der Waals surface area contributed by atoms with Crippen LogP contribution in [0.4, 0.5) is 0 Å². The summed E-state index contributed by atoms with van der Waals surface area (Å²) >= 11 is 0. The van der Waals surface area contributed by atoms with Gasteiger partial charge in [-0.15, -0.1) is 0 Å². The van der Waals surface area contributed by atoms with E-state index >= 15 is 0 Å². The van der Waals surface area contributed by atoms with Gasteiger partial charge < -0.3 is 9.47 Å². The van der Waals surface area contributed by atoms with Crippen molar-refractivity contribution in [3.8, 4) is 5.75 Å². The first-order chi connectivity index (χ1) is 16.2. The van der Waals surface area contributed by atoms with Crippen molar-refractivity contribution < 1.29 is 14.3 Å². The van der Waals surface area contributed by atoms with Crippen LogP contribution in [0.5, 0.6) is 5.75 Å². The molecular weight excluding hydrogens is 410 g/mol. The van der Waals surface area contributed by atoms with E-state index in [1.165, 1.54) is 36.1 Å². The molecule has 0 N–H and O–H groups in total. The molecule has 2 aromatic carbocycles. The number of aryl methyl sites for hydroxylation is 1. The van der Waals surface area contributed by atoms with Crippen molar-refractivity contribution in [1.82, 2.24) is 4.90 Å². The lowest BCUT2D eigenvalue weighted by atomic mass is 9.48. The van der Waals surface area contributed by atoms with Gasteiger partial charge in [-0.2, -0.15) is 0 Å². The van der Waals surface area contributed by atoms with Crippen LogP contribution < -0.4 is 4.74 Å². The second-order valence-electron chi connectivity index (χ2n) is 11.0. The Morgan fingerprint density at radius 3 is 2.79 bits per heavy atom. The molecule has 4 nitrogen and oxygen atoms in total. The van der Waals surface area contributed by atoms with E-state index in [2.05, 4.69) is 53.4 Å². The summed E-state index contributed by atoms with van der Waals surface area (Å²) in [5.41, 5.74) is 3.43. The Hall–Kier alpha value is -2.17. The molecule has 1 unspecified atom stereocenters. The number of rotatable bonds is 7. The van der Waals surface area contributed by atoms with E-state index in [1.807, 2.05) is 0 Å². The SMILES string of the molecule is O=C1CC[C@@]2(OCCCc3ccccc3)[C@H]3Cc4cccc5c4[C@@]2(CCN3CC2CC2)C1O5. The number of ether oxygens (including phenoxy) is 2. The van der Waals surface area contributed by atoms with E-state index in [-0.39, 0.29) is 22.9 Å². The zero-order valence-electron chi connectivity index (χ0n) is 19.3. The Kier molecular flexibility index (Phi) is 4.54. The van der Waals surface area contributed by atoms with Gasteiger partial charge in [-0.3, -0.25) is 9.69 Å². The van der Waals surface area contributed by atoms with Crippen molar-refractivity contribution in [3.05, 3.63) is 65.2 Å². The summed E-state index contributed by atoms with van der Waals surface area (Å²) in [7, 11) is 0. The standard InChI is InChI=1S/C29H33NO3/c31-23-13-14-29(32-17-5-8-20-6-2-1-3-7-20)25-18-22-9-4-10-24-26(22)28(29,27(23)33-24)15-16-30(25)19-21-11-12-21/h1-4,6-7,9-10,21,25,27H,5,8,11-19H2/t25-,27?,28+,29-/m1/s1. The molecule has 0 aromatic heterocycles. The number of carbonyl (C=O) groups is 1. The van der Waals surface area contributed by atoms with Crippen molar-refractivity contribution >= 4 is 5.78 Å². The summed E-state index contributed by atoms with van der Waals surface area (Å²) in [5.74, 6) is 2.07. The molecule has 4 heteroatoms. The molecule has 3 fully saturated rings. The molecule has 0 radical (unpaired) electrons. The first-order valence-corrected chi connectivity index (χ1v) is 12.9. The van der Waals surface area contributed by atoms with E-state index in [9.17, 15) is 4.79 Å². The quantitative estimate of drug-likeness (QED) is 0.592. The second-order valence-corrected chi connectivity index (χ2v) is 11.0. The number of hydrogen-bond donors (Lipinski definition) is 0. The van der Waals surface area contributed by atoms with E-state index in [1.54, 1.807) is 0 Å². The number of piperidine rings is 1. The Bertz CT molecular complexity index is 1080. The molecule has 2 heterocycles. The molecule has 1 spiro atoms. The highest BCUT2D eigenvalue weighted by molar-refractivity contribution is 5.89. The summed E-state index contributed by atoms with van der Waals surface area (Å²) < 4.78 is 13.6. The molecule has 7 rings (SSSR count). The van der Waals surface area contributed by atoms with Crippen molar-refractivity contribution in [2.24, 2.45) is 5.92 Å². The average Bonchev–Trinajstić information content (AvgIpc) is 3.59. The highest BCUT2D eigenvalue weighted by Gasteiger charge is 2.73. The van der Waals surface area contributed by atoms with Crippen LogP contribution in [-0.4, -0.2) is 48.1 Å². The Balaban J connectivity index is 1.26. The Morgan fingerprint density at radius 2 is 1.94 bits per heavy atom. The van der Waals surface area contributed by atoms with Gasteiger partial charge >= 0.3 is 0 Å². The third kappa shape index (κ3) is 2.86. The monoisotopic (exact) mass is 443 g/mol. The van der Waals surface area contributed by atoms with Crippen LogP contribution in [0.25, 0.3) is 0 Å². The van der Waals surface area contributed by atoms with Gasteiger partial charge in [0.25, 0.3) is 0 Å². The molecule has 3 aliphatic carbocycles. The van der Waals surface area contributed by atoms with E-state index < -0.39 is 0 Å². The number of hydrogen-bond acceptors (Lipinski definition) is 4. The van der Waals surface area contributed by atoms with E-state index in [0.717, 1.165) is 56.9 Å². The van der Waals surface area contributed by atoms with Gasteiger partial charge in [0.2, 0.25) is 0 Å². The third-order valence-corrected chi connectivity index (χ3v) is 9.23. The molecule has 1 saturated heterocycles. The third-order valence-electron chi connectivity index (χ3n) is 9.23. The molecule has 5 aliphatic rings. The van der Waals surface area contributed by atoms with Crippen molar-refractivity contribution in [2.75, 3.05) is 19.7 Å². The lowest BCUT2D eigenvalue weighted by Gasteiger charge is -2.64. The number of nitrogens with zero attached hydrogens (tertiary/aromatic N) is 1. The smallest absolute Gasteiger partial charge is 0.174 e. The van der Waals surface area contributed by atoms with Crippen LogP contribution in [-0.2, 0) is 27.8 Å². The van der Waals surface area contributed by atoms with Crippen molar-refractivity contribution in [3.63, 3.8) is 0 Å². The second kappa shape index (κ2) is 7.41. The van der Waals surface area contributed by atoms with Crippen LogP contribution in [0, 0.1) is 5.92 Å². The minimum atomic E-state index is -0.373. The molecule has 33 heavy (non-hydrogen) atoms. The van der Waals surface area contributed by atoms with Gasteiger partial charge in [-0.1, -0.05) is 42.5 Å². The highest BCUT2D eigenvalue weighted by Crippen LogP contribution is 2.64. The predicted molar refractivity (Wildman–Crippen MR) is 127 cm³/mol. The first-order valence-electron chi connectivity index (χ1n) is 12.9. The topological polar surface area (TPSA) is 38.8 Å². The normalized spacial score (nSPS) is 34.1. The van der Waals surface area contributed by atoms with Gasteiger partial charge in [-0.05, 0) is 74.6 Å². The molecule has 4 atom stereocenters. The fourth-order valence-corrected chi connectivity index (χ4v) is 7.67. The first kappa shape index (κ1) is 20.2. The number of benzene rings is 2. The summed E-state index contributed by atoms with van der Waals surface area (Å²) in [6, 6.07) is 17.5. The van der Waals surface area contributed by atoms with Crippen LogP contribution in [0.1, 0.15) is 55.2 Å². The lowest BCUT2D eigenvalue weighted by Crippen LogP contribution is -2.77. The molecule has 2 saturated carbocycles. The summed E-state index contributed by atoms with van der Waals surface area (Å²) in [4.78, 5) is 16.0. The molecule has 0 amide bonds. The summed E-state index contributed by atoms with van der Waals surface area (Å²) in [5, 5.41) is 0. The maximum absolute atomic E-state index is 13.3.